The second-order valence-electron chi connectivity index (χ2n) is 7.04. The summed E-state index contributed by atoms with van der Waals surface area (Å²) in [6, 6.07) is 14.6. The van der Waals surface area contributed by atoms with Crippen LogP contribution in [0.5, 0.6) is 0 Å². The maximum absolute atomic E-state index is 13.8. The molecule has 0 amide bonds. The Morgan fingerprint density at radius 3 is 2.71 bits per heavy atom. The standard InChI is InChI=1S/C22H24ClFN2O2/c1-26(13-16-6-4-8-20(24)22(16)23)17(11-18(28)14-27)12-21-19-7-3-2-5-15(19)9-10-25-21/h2-10,17-18,27-28H,11-14H2,1H3/t17-,18-/m1/s1. The van der Waals surface area contributed by atoms with Gasteiger partial charge in [0.2, 0.25) is 0 Å². The highest BCUT2D eigenvalue weighted by Gasteiger charge is 2.22. The zero-order valence-corrected chi connectivity index (χ0v) is 16.5. The van der Waals surface area contributed by atoms with E-state index in [1.807, 2.05) is 42.3 Å². The Morgan fingerprint density at radius 1 is 1.14 bits per heavy atom. The van der Waals surface area contributed by atoms with Crippen molar-refractivity contribution >= 4 is 22.4 Å². The van der Waals surface area contributed by atoms with Crippen LogP contribution in [0.15, 0.2) is 54.7 Å². The van der Waals surface area contributed by atoms with Crippen molar-refractivity contribution in [2.45, 2.75) is 31.5 Å². The molecule has 6 heteroatoms. The van der Waals surface area contributed by atoms with E-state index in [1.165, 1.54) is 6.07 Å². The Kier molecular flexibility index (Phi) is 6.97. The first-order valence-corrected chi connectivity index (χ1v) is 9.62. The average molecular weight is 403 g/mol. The lowest BCUT2D eigenvalue weighted by molar-refractivity contribution is 0.0595. The van der Waals surface area contributed by atoms with E-state index in [4.69, 9.17) is 11.6 Å². The van der Waals surface area contributed by atoms with Crippen molar-refractivity contribution in [2.75, 3.05) is 13.7 Å². The maximum atomic E-state index is 13.8. The van der Waals surface area contributed by atoms with Gasteiger partial charge >= 0.3 is 0 Å². The molecule has 0 bridgehead atoms. The normalized spacial score (nSPS) is 13.8. The molecule has 0 saturated carbocycles. The van der Waals surface area contributed by atoms with E-state index >= 15 is 0 Å². The minimum atomic E-state index is -0.842. The number of aliphatic hydroxyl groups excluding tert-OH is 2. The number of pyridine rings is 1. The number of rotatable bonds is 8. The van der Waals surface area contributed by atoms with Crippen LogP contribution in [0.1, 0.15) is 17.7 Å². The summed E-state index contributed by atoms with van der Waals surface area (Å²) >= 11 is 6.11. The van der Waals surface area contributed by atoms with Gasteiger partial charge in [-0.2, -0.15) is 0 Å². The summed E-state index contributed by atoms with van der Waals surface area (Å²) in [7, 11) is 1.90. The Morgan fingerprint density at radius 2 is 1.93 bits per heavy atom. The topological polar surface area (TPSA) is 56.6 Å². The Hall–Kier alpha value is -2.05. The molecule has 0 aliphatic rings. The van der Waals surface area contributed by atoms with Gasteiger partial charge in [0.15, 0.2) is 0 Å². The number of likely N-dealkylation sites (N-methyl/N-ethyl adjacent to an activating group) is 1. The van der Waals surface area contributed by atoms with Crippen LogP contribution in [-0.2, 0) is 13.0 Å². The maximum Gasteiger partial charge on any atom is 0.142 e. The van der Waals surface area contributed by atoms with E-state index < -0.39 is 11.9 Å². The van der Waals surface area contributed by atoms with Crippen molar-refractivity contribution < 1.29 is 14.6 Å². The van der Waals surface area contributed by atoms with Gasteiger partial charge in [-0.1, -0.05) is 48.0 Å². The Bertz CT molecular complexity index is 932. The first-order chi connectivity index (χ1) is 13.5. The van der Waals surface area contributed by atoms with Crippen molar-refractivity contribution in [3.8, 4) is 0 Å². The van der Waals surface area contributed by atoms with Crippen molar-refractivity contribution in [3.63, 3.8) is 0 Å². The van der Waals surface area contributed by atoms with E-state index in [-0.39, 0.29) is 17.7 Å². The highest BCUT2D eigenvalue weighted by molar-refractivity contribution is 6.31. The fourth-order valence-electron chi connectivity index (χ4n) is 3.44. The van der Waals surface area contributed by atoms with Gasteiger partial charge in [0.1, 0.15) is 5.82 Å². The molecule has 2 aromatic carbocycles. The lowest BCUT2D eigenvalue weighted by Crippen LogP contribution is -2.37. The van der Waals surface area contributed by atoms with Crippen LogP contribution in [0, 0.1) is 5.82 Å². The number of aliphatic hydroxyl groups is 2. The molecule has 3 aromatic rings. The van der Waals surface area contributed by atoms with Crippen molar-refractivity contribution in [3.05, 3.63) is 76.8 Å². The molecule has 2 N–H and O–H groups in total. The molecule has 3 rings (SSSR count). The van der Waals surface area contributed by atoms with Crippen LogP contribution in [0.25, 0.3) is 10.8 Å². The molecular formula is C22H24ClFN2O2. The van der Waals surface area contributed by atoms with E-state index in [9.17, 15) is 14.6 Å². The first-order valence-electron chi connectivity index (χ1n) is 9.24. The molecule has 0 unspecified atom stereocenters. The summed E-state index contributed by atoms with van der Waals surface area (Å²) in [5.74, 6) is -0.449. The summed E-state index contributed by atoms with van der Waals surface area (Å²) in [5, 5.41) is 21.6. The van der Waals surface area contributed by atoms with Crippen molar-refractivity contribution in [1.82, 2.24) is 9.88 Å². The molecule has 0 radical (unpaired) electrons. The zero-order valence-electron chi connectivity index (χ0n) is 15.7. The fourth-order valence-corrected chi connectivity index (χ4v) is 3.63. The van der Waals surface area contributed by atoms with Gasteiger partial charge in [-0.3, -0.25) is 9.88 Å². The Labute approximate surface area is 169 Å². The summed E-state index contributed by atoms with van der Waals surface area (Å²) < 4.78 is 13.8. The lowest BCUT2D eigenvalue weighted by Gasteiger charge is -2.30. The average Bonchev–Trinajstić information content (AvgIpc) is 2.71. The predicted molar refractivity (Wildman–Crippen MR) is 110 cm³/mol. The largest absolute Gasteiger partial charge is 0.394 e. The van der Waals surface area contributed by atoms with E-state index in [0.29, 0.717) is 24.9 Å². The van der Waals surface area contributed by atoms with Gasteiger partial charge in [-0.25, -0.2) is 4.39 Å². The first kappa shape index (κ1) is 20.7. The van der Waals surface area contributed by atoms with Crippen LogP contribution < -0.4 is 0 Å². The smallest absolute Gasteiger partial charge is 0.142 e. The number of benzene rings is 2. The lowest BCUT2D eigenvalue weighted by atomic mass is 9.98. The molecule has 148 valence electrons. The van der Waals surface area contributed by atoms with Crippen molar-refractivity contribution in [2.24, 2.45) is 0 Å². The van der Waals surface area contributed by atoms with Crippen LogP contribution in [0.2, 0.25) is 5.02 Å². The molecule has 2 atom stereocenters. The van der Waals surface area contributed by atoms with Gasteiger partial charge in [0.05, 0.1) is 17.7 Å². The monoisotopic (exact) mass is 402 g/mol. The number of aromatic nitrogens is 1. The number of halogens is 2. The van der Waals surface area contributed by atoms with Crippen LogP contribution >= 0.6 is 11.6 Å². The Balaban J connectivity index is 1.86. The second-order valence-corrected chi connectivity index (χ2v) is 7.41. The van der Waals surface area contributed by atoms with Gasteiger partial charge in [0, 0.05) is 36.3 Å². The molecule has 0 saturated heterocycles. The SMILES string of the molecule is CN(Cc1cccc(F)c1Cl)[C@@H](Cc1nccc2ccccc12)C[C@@H](O)CO. The summed E-state index contributed by atoms with van der Waals surface area (Å²) in [4.78, 5) is 6.56. The molecule has 1 heterocycles. The molecule has 0 aliphatic heterocycles. The molecule has 4 nitrogen and oxygen atoms in total. The van der Waals surface area contributed by atoms with Crippen LogP contribution in [0.3, 0.4) is 0 Å². The molecule has 1 aromatic heterocycles. The third kappa shape index (κ3) is 4.86. The van der Waals surface area contributed by atoms with Gasteiger partial charge in [0.25, 0.3) is 0 Å². The molecule has 0 spiro atoms. The number of hydrogen-bond donors (Lipinski definition) is 2. The summed E-state index contributed by atoms with van der Waals surface area (Å²) in [6.07, 6.45) is 1.89. The van der Waals surface area contributed by atoms with Gasteiger partial charge < -0.3 is 10.2 Å². The molecule has 0 fully saturated rings. The van der Waals surface area contributed by atoms with Gasteiger partial charge in [-0.05, 0) is 36.6 Å². The minimum absolute atomic E-state index is 0.110. The van der Waals surface area contributed by atoms with E-state index in [2.05, 4.69) is 4.98 Å². The number of hydrogen-bond acceptors (Lipinski definition) is 4. The van der Waals surface area contributed by atoms with Crippen molar-refractivity contribution in [1.29, 1.82) is 0 Å². The van der Waals surface area contributed by atoms with Crippen LogP contribution in [-0.4, -0.2) is 45.9 Å². The highest BCUT2D eigenvalue weighted by Crippen LogP contribution is 2.24. The second kappa shape index (κ2) is 9.43. The van der Waals surface area contributed by atoms with Gasteiger partial charge in [-0.15, -0.1) is 0 Å². The summed E-state index contributed by atoms with van der Waals surface area (Å²) in [6.45, 7) is 0.109. The predicted octanol–water partition coefficient (Wildman–Crippen LogP) is 3.81. The summed E-state index contributed by atoms with van der Waals surface area (Å²) in [5.41, 5.74) is 1.60. The zero-order chi connectivity index (χ0) is 20.1. The molecule has 0 aliphatic carbocycles. The fraction of sp³-hybridized carbons (Fsp3) is 0.318. The highest BCUT2D eigenvalue weighted by atomic mass is 35.5. The third-order valence-corrected chi connectivity index (χ3v) is 5.44. The molecular weight excluding hydrogens is 379 g/mol. The minimum Gasteiger partial charge on any atom is -0.394 e. The van der Waals surface area contributed by atoms with Crippen LogP contribution in [0.4, 0.5) is 4.39 Å². The number of nitrogens with zero attached hydrogens (tertiary/aromatic N) is 2. The third-order valence-electron chi connectivity index (χ3n) is 5.01. The molecule has 28 heavy (non-hydrogen) atoms. The van der Waals surface area contributed by atoms with E-state index in [1.54, 1.807) is 18.3 Å². The number of fused-ring (bicyclic) bond motifs is 1. The quantitative estimate of drug-likeness (QED) is 0.601. The van der Waals surface area contributed by atoms with E-state index in [0.717, 1.165) is 16.5 Å².